The SMILES string of the molecule is CC/C=C\C/C=C\CCCCCCCC(=O)OCC(COC(=O)CCCCCCCCCCCCC)OC(=O)CCCCCCCCCCCCC. The zero-order valence-corrected chi connectivity index (χ0v) is 34.6. The van der Waals surface area contributed by atoms with Crippen molar-refractivity contribution in [1.82, 2.24) is 0 Å². The van der Waals surface area contributed by atoms with Crippen LogP contribution in [0.1, 0.15) is 233 Å². The van der Waals surface area contributed by atoms with Crippen LogP contribution < -0.4 is 0 Å². The number of esters is 3. The van der Waals surface area contributed by atoms with Gasteiger partial charge < -0.3 is 14.2 Å². The standard InChI is InChI=1S/C46H84O6/c1-4-7-10-13-16-19-22-25-27-30-33-36-39-45(48)51-42-43(52-46(49)40-37-34-31-28-24-21-18-15-12-9-6-3)41-50-44(47)38-35-32-29-26-23-20-17-14-11-8-5-2/h7,10,16,19,43H,4-6,8-9,11-15,17-18,20-42H2,1-3H3/b10-7-,19-16-. The van der Waals surface area contributed by atoms with Gasteiger partial charge >= 0.3 is 17.9 Å². The van der Waals surface area contributed by atoms with Crippen molar-refractivity contribution in [2.75, 3.05) is 13.2 Å². The van der Waals surface area contributed by atoms with E-state index in [-0.39, 0.29) is 31.1 Å². The van der Waals surface area contributed by atoms with Crippen molar-refractivity contribution in [3.8, 4) is 0 Å². The van der Waals surface area contributed by atoms with E-state index in [4.69, 9.17) is 14.2 Å². The van der Waals surface area contributed by atoms with Crippen molar-refractivity contribution >= 4 is 17.9 Å². The number of hydrogen-bond acceptors (Lipinski definition) is 6. The van der Waals surface area contributed by atoms with E-state index in [0.717, 1.165) is 83.5 Å². The molecule has 0 heterocycles. The Kier molecular flexibility index (Phi) is 40.0. The Bertz CT molecular complexity index is 850. The zero-order valence-electron chi connectivity index (χ0n) is 34.6. The molecule has 0 rings (SSSR count). The van der Waals surface area contributed by atoms with E-state index in [1.165, 1.54) is 109 Å². The molecule has 0 N–H and O–H groups in total. The van der Waals surface area contributed by atoms with Crippen molar-refractivity contribution < 1.29 is 28.6 Å². The number of rotatable bonds is 40. The first-order valence-electron chi connectivity index (χ1n) is 22.3. The van der Waals surface area contributed by atoms with Crippen molar-refractivity contribution in [3.63, 3.8) is 0 Å². The number of carbonyl (C=O) groups is 3. The normalized spacial score (nSPS) is 12.1. The van der Waals surface area contributed by atoms with Crippen molar-refractivity contribution in [3.05, 3.63) is 24.3 Å². The highest BCUT2D eigenvalue weighted by molar-refractivity contribution is 5.71. The third-order valence-electron chi connectivity index (χ3n) is 9.72. The summed E-state index contributed by atoms with van der Waals surface area (Å²) in [5.74, 6) is -0.884. The summed E-state index contributed by atoms with van der Waals surface area (Å²) in [4.78, 5) is 37.6. The van der Waals surface area contributed by atoms with Gasteiger partial charge in [0.1, 0.15) is 13.2 Å². The topological polar surface area (TPSA) is 78.9 Å². The Morgan fingerprint density at radius 2 is 0.750 bits per heavy atom. The largest absolute Gasteiger partial charge is 0.462 e. The molecule has 0 aromatic rings. The molecule has 1 atom stereocenters. The van der Waals surface area contributed by atoms with Gasteiger partial charge in [0.15, 0.2) is 6.10 Å². The molecule has 0 aliphatic heterocycles. The second-order valence-corrected chi connectivity index (χ2v) is 14.9. The Labute approximate surface area is 322 Å². The van der Waals surface area contributed by atoms with Gasteiger partial charge in [0.05, 0.1) is 0 Å². The predicted octanol–water partition coefficient (Wildman–Crippen LogP) is 14.0. The lowest BCUT2D eigenvalue weighted by atomic mass is 10.1. The summed E-state index contributed by atoms with van der Waals surface area (Å²) in [5, 5.41) is 0. The van der Waals surface area contributed by atoms with Gasteiger partial charge in [-0.1, -0.05) is 193 Å². The van der Waals surface area contributed by atoms with Crippen LogP contribution in [0.4, 0.5) is 0 Å². The molecule has 0 fully saturated rings. The molecule has 52 heavy (non-hydrogen) atoms. The highest BCUT2D eigenvalue weighted by Gasteiger charge is 2.19. The third-order valence-corrected chi connectivity index (χ3v) is 9.72. The predicted molar refractivity (Wildman–Crippen MR) is 219 cm³/mol. The molecule has 0 saturated carbocycles. The van der Waals surface area contributed by atoms with Crippen molar-refractivity contribution in [1.29, 1.82) is 0 Å². The Hall–Kier alpha value is -2.11. The van der Waals surface area contributed by atoms with Crippen LogP contribution in [0.25, 0.3) is 0 Å². The smallest absolute Gasteiger partial charge is 0.306 e. The maximum Gasteiger partial charge on any atom is 0.306 e. The molecule has 6 heteroatoms. The second kappa shape index (κ2) is 41.6. The molecule has 0 saturated heterocycles. The third kappa shape index (κ3) is 39.1. The fourth-order valence-corrected chi connectivity index (χ4v) is 6.36. The fraction of sp³-hybridized carbons (Fsp3) is 0.848. The van der Waals surface area contributed by atoms with Crippen LogP contribution in [0.15, 0.2) is 24.3 Å². The van der Waals surface area contributed by atoms with Crippen molar-refractivity contribution in [2.45, 2.75) is 239 Å². The molecule has 0 spiro atoms. The maximum atomic E-state index is 12.7. The minimum Gasteiger partial charge on any atom is -0.462 e. The number of ether oxygens (including phenoxy) is 3. The summed E-state index contributed by atoms with van der Waals surface area (Å²) in [6, 6.07) is 0. The highest BCUT2D eigenvalue weighted by atomic mass is 16.6. The lowest BCUT2D eigenvalue weighted by Crippen LogP contribution is -2.30. The quantitative estimate of drug-likeness (QED) is 0.0270. The van der Waals surface area contributed by atoms with Gasteiger partial charge in [-0.15, -0.1) is 0 Å². The highest BCUT2D eigenvalue weighted by Crippen LogP contribution is 2.15. The summed E-state index contributed by atoms with van der Waals surface area (Å²) in [7, 11) is 0. The van der Waals surface area contributed by atoms with E-state index in [1.54, 1.807) is 0 Å². The summed E-state index contributed by atoms with van der Waals surface area (Å²) >= 11 is 0. The van der Waals surface area contributed by atoms with E-state index in [9.17, 15) is 14.4 Å². The average molecular weight is 733 g/mol. The van der Waals surface area contributed by atoms with E-state index in [1.807, 2.05) is 0 Å². The maximum absolute atomic E-state index is 12.7. The molecule has 0 aromatic heterocycles. The second-order valence-electron chi connectivity index (χ2n) is 14.9. The number of carbonyl (C=O) groups excluding carboxylic acids is 3. The van der Waals surface area contributed by atoms with Gasteiger partial charge in [-0.05, 0) is 44.9 Å². The van der Waals surface area contributed by atoms with Crippen LogP contribution in [0.2, 0.25) is 0 Å². The summed E-state index contributed by atoms with van der Waals surface area (Å²) in [6.07, 6.45) is 44.4. The molecule has 6 nitrogen and oxygen atoms in total. The van der Waals surface area contributed by atoms with Crippen LogP contribution in [-0.2, 0) is 28.6 Å². The lowest BCUT2D eigenvalue weighted by molar-refractivity contribution is -0.167. The number of unbranched alkanes of at least 4 members (excludes halogenated alkanes) is 25. The first-order chi connectivity index (χ1) is 25.5. The molecule has 0 bridgehead atoms. The first-order valence-corrected chi connectivity index (χ1v) is 22.3. The molecule has 1 unspecified atom stereocenters. The lowest BCUT2D eigenvalue weighted by Gasteiger charge is -2.18. The van der Waals surface area contributed by atoms with Crippen LogP contribution in [-0.4, -0.2) is 37.2 Å². The van der Waals surface area contributed by atoms with Gasteiger partial charge in [-0.3, -0.25) is 14.4 Å². The summed E-state index contributed by atoms with van der Waals surface area (Å²) in [6.45, 7) is 6.50. The monoisotopic (exact) mass is 733 g/mol. The van der Waals surface area contributed by atoms with E-state index in [2.05, 4.69) is 45.1 Å². The summed E-state index contributed by atoms with van der Waals surface area (Å²) < 4.78 is 16.7. The molecule has 0 aliphatic carbocycles. The van der Waals surface area contributed by atoms with Gasteiger partial charge in [0.25, 0.3) is 0 Å². The van der Waals surface area contributed by atoms with Gasteiger partial charge in [0.2, 0.25) is 0 Å². The average Bonchev–Trinajstić information content (AvgIpc) is 3.14. The van der Waals surface area contributed by atoms with E-state index >= 15 is 0 Å². The number of allylic oxidation sites excluding steroid dienone is 4. The van der Waals surface area contributed by atoms with E-state index < -0.39 is 6.10 Å². The Morgan fingerprint density at radius 3 is 1.15 bits per heavy atom. The minimum atomic E-state index is -0.768. The summed E-state index contributed by atoms with van der Waals surface area (Å²) in [5.41, 5.74) is 0. The molecular formula is C46H84O6. The van der Waals surface area contributed by atoms with Crippen LogP contribution >= 0.6 is 0 Å². The van der Waals surface area contributed by atoms with Gasteiger partial charge in [-0.2, -0.15) is 0 Å². The molecule has 0 radical (unpaired) electrons. The van der Waals surface area contributed by atoms with E-state index in [0.29, 0.717) is 19.3 Å². The van der Waals surface area contributed by atoms with Crippen LogP contribution in [0.5, 0.6) is 0 Å². The fourth-order valence-electron chi connectivity index (χ4n) is 6.36. The van der Waals surface area contributed by atoms with Gasteiger partial charge in [0, 0.05) is 19.3 Å². The minimum absolute atomic E-state index is 0.0719. The van der Waals surface area contributed by atoms with Crippen LogP contribution in [0, 0.1) is 0 Å². The molecule has 0 aromatic carbocycles. The number of hydrogen-bond donors (Lipinski definition) is 0. The zero-order chi connectivity index (χ0) is 38.0. The van der Waals surface area contributed by atoms with Crippen LogP contribution in [0.3, 0.4) is 0 Å². The molecule has 0 aliphatic rings. The Morgan fingerprint density at radius 1 is 0.404 bits per heavy atom. The first kappa shape index (κ1) is 49.9. The molecular weight excluding hydrogens is 648 g/mol. The van der Waals surface area contributed by atoms with Crippen molar-refractivity contribution in [2.24, 2.45) is 0 Å². The van der Waals surface area contributed by atoms with Gasteiger partial charge in [-0.25, -0.2) is 0 Å². The molecule has 304 valence electrons. The molecule has 0 amide bonds. The Balaban J connectivity index is 4.37.